The Morgan fingerprint density at radius 2 is 0.552 bits per heavy atom. The molecular weight excluding hydrogens is 465 g/mol. The Bertz CT molecular complexity index is 834. The van der Waals surface area contributed by atoms with Crippen molar-refractivity contribution in [2.24, 2.45) is 0 Å². The van der Waals surface area contributed by atoms with Crippen LogP contribution in [0.2, 0.25) is 0 Å². The molecule has 0 saturated carbocycles. The molecule has 0 aromatic heterocycles. The molecule has 0 saturated heterocycles. The summed E-state index contributed by atoms with van der Waals surface area (Å²) in [6, 6.07) is 0. The molecular formula is C24H30CdO4. The van der Waals surface area contributed by atoms with Gasteiger partial charge in [0.15, 0.2) is 0 Å². The number of carboxylic acid groups (broad SMARTS) is 2. The van der Waals surface area contributed by atoms with E-state index in [1.807, 2.05) is 69.2 Å². The Morgan fingerprint density at radius 3 is 0.690 bits per heavy atom. The van der Waals surface area contributed by atoms with Crippen LogP contribution in [0.15, 0.2) is 0 Å². The second-order valence-electron chi connectivity index (χ2n) is 7.57. The molecule has 0 spiro atoms. The fourth-order valence-electron chi connectivity index (χ4n) is 3.61. The monoisotopic (exact) mass is 496 g/mol. The number of hydrogen-bond donors (Lipinski definition) is 0. The van der Waals surface area contributed by atoms with Crippen molar-refractivity contribution < 1.29 is 47.1 Å². The van der Waals surface area contributed by atoms with Crippen LogP contribution in [0.4, 0.5) is 0 Å². The average molecular weight is 495 g/mol. The first-order chi connectivity index (χ1) is 12.7. The smallest absolute Gasteiger partial charge is 0.545 e. The maximum atomic E-state index is 10.9. The SMILES string of the molecule is Cc1c(C)c(C)c(C(=O)[O-])c(C)c1C.Cc1c(C)c(C)c(C(=O)[O-])c(C)c1C.[Cd+2]. The fraction of sp³-hybridized carbons (Fsp3) is 0.417. The third kappa shape index (κ3) is 5.27. The van der Waals surface area contributed by atoms with E-state index in [2.05, 4.69) is 0 Å². The maximum absolute atomic E-state index is 10.9. The van der Waals surface area contributed by atoms with Gasteiger partial charge in [0, 0.05) is 11.1 Å². The minimum absolute atomic E-state index is 0. The zero-order chi connectivity index (χ0) is 22.1. The van der Waals surface area contributed by atoms with E-state index in [1.165, 1.54) is 11.1 Å². The number of carbonyl (C=O) groups excluding carboxylic acids is 2. The Hall–Kier alpha value is -1.70. The predicted molar refractivity (Wildman–Crippen MR) is 109 cm³/mol. The van der Waals surface area contributed by atoms with Gasteiger partial charge in [-0.15, -0.1) is 0 Å². The number of carbonyl (C=O) groups is 2. The van der Waals surface area contributed by atoms with Crippen LogP contribution in [0.1, 0.15) is 76.4 Å². The van der Waals surface area contributed by atoms with Gasteiger partial charge < -0.3 is 19.8 Å². The number of rotatable bonds is 2. The standard InChI is InChI=1S/2C12H16O2.Cd/c2*1-6-7(2)9(4)11(12(13)14)10(5)8(6)3;/h2*1-5H3,(H,13,14);/q;;+2/p-2. The van der Waals surface area contributed by atoms with Crippen LogP contribution in [0.5, 0.6) is 0 Å². The molecule has 0 fully saturated rings. The molecule has 0 bridgehead atoms. The Kier molecular flexibility index (Phi) is 9.76. The van der Waals surface area contributed by atoms with E-state index in [4.69, 9.17) is 0 Å². The third-order valence-electron chi connectivity index (χ3n) is 6.41. The van der Waals surface area contributed by atoms with E-state index in [0.717, 1.165) is 44.5 Å². The first kappa shape index (κ1) is 27.3. The minimum atomic E-state index is -1.08. The first-order valence-corrected chi connectivity index (χ1v) is 9.32. The molecule has 2 aromatic rings. The van der Waals surface area contributed by atoms with Crippen molar-refractivity contribution in [3.63, 3.8) is 0 Å². The zero-order valence-electron chi connectivity index (χ0n) is 19.3. The molecule has 0 aliphatic carbocycles. The van der Waals surface area contributed by atoms with Gasteiger partial charge in [0.25, 0.3) is 0 Å². The van der Waals surface area contributed by atoms with Crippen molar-refractivity contribution in [1.29, 1.82) is 0 Å². The van der Waals surface area contributed by atoms with Gasteiger partial charge in [0.1, 0.15) is 0 Å². The Balaban J connectivity index is 0.000000523. The van der Waals surface area contributed by atoms with Crippen molar-refractivity contribution in [2.75, 3.05) is 0 Å². The topological polar surface area (TPSA) is 80.3 Å². The molecule has 5 heteroatoms. The normalized spacial score (nSPS) is 10.0. The van der Waals surface area contributed by atoms with Crippen molar-refractivity contribution >= 4 is 11.9 Å². The van der Waals surface area contributed by atoms with Crippen LogP contribution in [0.25, 0.3) is 0 Å². The van der Waals surface area contributed by atoms with Crippen LogP contribution >= 0.6 is 0 Å². The molecule has 0 aliphatic rings. The second-order valence-corrected chi connectivity index (χ2v) is 7.57. The summed E-state index contributed by atoms with van der Waals surface area (Å²) in [5.41, 5.74) is 10.5. The summed E-state index contributed by atoms with van der Waals surface area (Å²) in [6.07, 6.45) is 0. The maximum Gasteiger partial charge on any atom is 2.00 e. The van der Waals surface area contributed by atoms with Gasteiger partial charge in [-0.05, 0) is 125 Å². The number of benzene rings is 2. The third-order valence-corrected chi connectivity index (χ3v) is 6.41. The molecule has 152 valence electrons. The molecule has 0 heterocycles. The van der Waals surface area contributed by atoms with E-state index in [1.54, 1.807) is 0 Å². The van der Waals surface area contributed by atoms with Crippen LogP contribution in [-0.4, -0.2) is 11.9 Å². The van der Waals surface area contributed by atoms with Gasteiger partial charge >= 0.3 is 27.3 Å². The van der Waals surface area contributed by atoms with Gasteiger partial charge in [0.2, 0.25) is 0 Å². The molecule has 4 nitrogen and oxygen atoms in total. The minimum Gasteiger partial charge on any atom is -0.545 e. The number of hydrogen-bond acceptors (Lipinski definition) is 4. The summed E-state index contributed by atoms with van der Waals surface area (Å²) in [5.74, 6) is -2.16. The molecule has 2 rings (SSSR count). The van der Waals surface area contributed by atoms with E-state index in [0.29, 0.717) is 11.1 Å². The van der Waals surface area contributed by atoms with Gasteiger partial charge in [-0.2, -0.15) is 0 Å². The average Bonchev–Trinajstić information content (AvgIpc) is 2.61. The van der Waals surface area contributed by atoms with Crippen LogP contribution in [-0.2, 0) is 27.3 Å². The van der Waals surface area contributed by atoms with Crippen molar-refractivity contribution in [3.05, 3.63) is 66.8 Å². The molecule has 0 atom stereocenters. The first-order valence-electron chi connectivity index (χ1n) is 9.32. The Morgan fingerprint density at radius 1 is 0.414 bits per heavy atom. The Labute approximate surface area is 194 Å². The van der Waals surface area contributed by atoms with E-state index >= 15 is 0 Å². The second kappa shape index (κ2) is 10.4. The summed E-state index contributed by atoms with van der Waals surface area (Å²) in [6.45, 7) is 19.2. The van der Waals surface area contributed by atoms with E-state index < -0.39 is 11.9 Å². The molecule has 0 radical (unpaired) electrons. The van der Waals surface area contributed by atoms with E-state index in [9.17, 15) is 19.8 Å². The summed E-state index contributed by atoms with van der Waals surface area (Å²) < 4.78 is 0. The summed E-state index contributed by atoms with van der Waals surface area (Å²) in [5, 5.41) is 21.9. The summed E-state index contributed by atoms with van der Waals surface area (Å²) in [4.78, 5) is 21.9. The number of carboxylic acids is 2. The fourth-order valence-corrected chi connectivity index (χ4v) is 3.61. The van der Waals surface area contributed by atoms with Crippen molar-refractivity contribution in [1.82, 2.24) is 0 Å². The van der Waals surface area contributed by atoms with Crippen LogP contribution < -0.4 is 10.2 Å². The predicted octanol–water partition coefficient (Wildman–Crippen LogP) is 3.18. The van der Waals surface area contributed by atoms with Crippen LogP contribution in [0.3, 0.4) is 0 Å². The molecule has 0 amide bonds. The van der Waals surface area contributed by atoms with Gasteiger partial charge in [-0.1, -0.05) is 0 Å². The molecule has 2 aromatic carbocycles. The zero-order valence-corrected chi connectivity index (χ0v) is 23.4. The summed E-state index contributed by atoms with van der Waals surface area (Å²) in [7, 11) is 0. The van der Waals surface area contributed by atoms with Gasteiger partial charge in [-0.3, -0.25) is 0 Å². The molecule has 0 aliphatic heterocycles. The van der Waals surface area contributed by atoms with Crippen LogP contribution in [0, 0.1) is 69.2 Å². The quantitative estimate of drug-likeness (QED) is 0.601. The largest absolute Gasteiger partial charge is 2.00 e. The molecule has 0 unspecified atom stereocenters. The number of aromatic carboxylic acids is 2. The van der Waals surface area contributed by atoms with Gasteiger partial charge in [0.05, 0.1) is 11.9 Å². The van der Waals surface area contributed by atoms with E-state index in [-0.39, 0.29) is 27.3 Å². The van der Waals surface area contributed by atoms with Crippen molar-refractivity contribution in [3.8, 4) is 0 Å². The van der Waals surface area contributed by atoms with Gasteiger partial charge in [-0.25, -0.2) is 0 Å². The molecule has 29 heavy (non-hydrogen) atoms. The summed E-state index contributed by atoms with van der Waals surface area (Å²) >= 11 is 0. The van der Waals surface area contributed by atoms with Crippen molar-refractivity contribution in [2.45, 2.75) is 69.2 Å². The molecule has 0 N–H and O–H groups in total.